The molecule has 1 amide bonds. The van der Waals surface area contributed by atoms with E-state index in [1.165, 1.54) is 44.9 Å². The maximum atomic E-state index is 11.2. The van der Waals surface area contributed by atoms with Gasteiger partial charge in [0.2, 0.25) is 5.91 Å². The molecule has 0 aliphatic heterocycles. The van der Waals surface area contributed by atoms with E-state index in [9.17, 15) is 4.79 Å². The Morgan fingerprint density at radius 2 is 2.00 bits per heavy atom. The summed E-state index contributed by atoms with van der Waals surface area (Å²) in [6, 6.07) is 0.607. The lowest BCUT2D eigenvalue weighted by atomic mass is 9.57. The van der Waals surface area contributed by atoms with E-state index in [1.54, 1.807) is 7.05 Å². The topological polar surface area (TPSA) is 41.1 Å². The molecular formula is C12H22N2O. The van der Waals surface area contributed by atoms with Crippen LogP contribution in [0, 0.1) is 5.41 Å². The van der Waals surface area contributed by atoms with Crippen LogP contribution in [0.5, 0.6) is 0 Å². The molecule has 0 saturated heterocycles. The molecule has 0 aromatic carbocycles. The quantitative estimate of drug-likeness (QED) is 0.740. The van der Waals surface area contributed by atoms with Crippen molar-refractivity contribution in [1.82, 2.24) is 10.6 Å². The van der Waals surface area contributed by atoms with Gasteiger partial charge in [-0.3, -0.25) is 4.79 Å². The number of carbonyl (C=O) groups excluding carboxylic acids is 1. The first kappa shape index (κ1) is 10.9. The van der Waals surface area contributed by atoms with Crippen molar-refractivity contribution in [2.24, 2.45) is 5.41 Å². The summed E-state index contributed by atoms with van der Waals surface area (Å²) in [5, 5.41) is 6.08. The molecule has 0 radical (unpaired) electrons. The number of hydrogen-bond donors (Lipinski definition) is 2. The van der Waals surface area contributed by atoms with Gasteiger partial charge < -0.3 is 10.6 Å². The lowest BCUT2D eigenvalue weighted by molar-refractivity contribution is -0.120. The fraction of sp³-hybridized carbons (Fsp3) is 0.917. The summed E-state index contributed by atoms with van der Waals surface area (Å²) in [4.78, 5) is 11.2. The third-order valence-electron chi connectivity index (χ3n) is 4.31. The zero-order chi connectivity index (χ0) is 10.7. The highest BCUT2D eigenvalue weighted by Crippen LogP contribution is 2.51. The molecule has 2 aliphatic rings. The summed E-state index contributed by atoms with van der Waals surface area (Å²) in [5.41, 5.74) is 0.562. The van der Waals surface area contributed by atoms with Gasteiger partial charge in [0.15, 0.2) is 0 Å². The molecule has 3 nitrogen and oxygen atoms in total. The standard InChI is InChI=1S/C12H22N2O/c1-13-11(15)9-14-10-5-8-12(10)6-3-2-4-7-12/h10,14H,2-9H2,1H3,(H,13,15). The number of nitrogens with one attached hydrogen (secondary N) is 2. The monoisotopic (exact) mass is 210 g/mol. The second-order valence-electron chi connectivity index (χ2n) is 5.07. The Morgan fingerprint density at radius 1 is 1.27 bits per heavy atom. The van der Waals surface area contributed by atoms with Gasteiger partial charge in [-0.05, 0) is 31.1 Å². The van der Waals surface area contributed by atoms with Crippen molar-refractivity contribution in [3.63, 3.8) is 0 Å². The maximum Gasteiger partial charge on any atom is 0.233 e. The van der Waals surface area contributed by atoms with Gasteiger partial charge in [0, 0.05) is 13.1 Å². The van der Waals surface area contributed by atoms with Crippen LogP contribution in [0.25, 0.3) is 0 Å². The molecule has 1 spiro atoms. The molecule has 2 N–H and O–H groups in total. The van der Waals surface area contributed by atoms with Gasteiger partial charge in [-0.25, -0.2) is 0 Å². The second-order valence-corrected chi connectivity index (χ2v) is 5.07. The summed E-state index contributed by atoms with van der Waals surface area (Å²) < 4.78 is 0. The first-order valence-electron chi connectivity index (χ1n) is 6.21. The van der Waals surface area contributed by atoms with Crippen molar-refractivity contribution in [2.45, 2.75) is 51.0 Å². The second kappa shape index (κ2) is 4.52. The minimum absolute atomic E-state index is 0.104. The summed E-state index contributed by atoms with van der Waals surface area (Å²) in [5.74, 6) is 0.104. The molecule has 2 fully saturated rings. The lowest BCUT2D eigenvalue weighted by Crippen LogP contribution is -2.55. The first-order valence-corrected chi connectivity index (χ1v) is 6.21. The van der Waals surface area contributed by atoms with Crippen LogP contribution in [-0.4, -0.2) is 25.5 Å². The van der Waals surface area contributed by atoms with Crippen molar-refractivity contribution in [2.75, 3.05) is 13.6 Å². The Bertz CT molecular complexity index is 234. The van der Waals surface area contributed by atoms with Crippen LogP contribution in [0.3, 0.4) is 0 Å². The van der Waals surface area contributed by atoms with E-state index >= 15 is 0 Å². The first-order chi connectivity index (χ1) is 7.27. The number of hydrogen-bond acceptors (Lipinski definition) is 2. The minimum Gasteiger partial charge on any atom is -0.358 e. The van der Waals surface area contributed by atoms with Gasteiger partial charge >= 0.3 is 0 Å². The van der Waals surface area contributed by atoms with Crippen LogP contribution in [0.2, 0.25) is 0 Å². The molecule has 86 valence electrons. The van der Waals surface area contributed by atoms with Crippen molar-refractivity contribution >= 4 is 5.91 Å². The third-order valence-corrected chi connectivity index (χ3v) is 4.31. The normalized spacial score (nSPS) is 28.5. The Balaban J connectivity index is 1.80. The van der Waals surface area contributed by atoms with Gasteiger partial charge in [0.25, 0.3) is 0 Å². The van der Waals surface area contributed by atoms with Crippen molar-refractivity contribution in [1.29, 1.82) is 0 Å². The zero-order valence-corrected chi connectivity index (χ0v) is 9.64. The maximum absolute atomic E-state index is 11.2. The smallest absolute Gasteiger partial charge is 0.233 e. The van der Waals surface area contributed by atoms with E-state index in [-0.39, 0.29) is 5.91 Å². The number of amides is 1. The fourth-order valence-corrected chi connectivity index (χ4v) is 3.17. The molecule has 2 aliphatic carbocycles. The summed E-state index contributed by atoms with van der Waals surface area (Å²) >= 11 is 0. The Morgan fingerprint density at radius 3 is 2.53 bits per heavy atom. The summed E-state index contributed by atoms with van der Waals surface area (Å²) in [6.07, 6.45) is 9.56. The molecule has 0 heterocycles. The van der Waals surface area contributed by atoms with Crippen molar-refractivity contribution < 1.29 is 4.79 Å². The van der Waals surface area contributed by atoms with E-state index in [4.69, 9.17) is 0 Å². The summed E-state index contributed by atoms with van der Waals surface area (Å²) in [7, 11) is 1.70. The molecule has 3 heteroatoms. The SMILES string of the molecule is CNC(=O)CNC1CCC12CCCCC2. The molecule has 1 atom stereocenters. The Kier molecular flexibility index (Phi) is 3.29. The average molecular weight is 210 g/mol. The van der Waals surface area contributed by atoms with Gasteiger partial charge in [0.05, 0.1) is 6.54 Å². The Labute approximate surface area is 92.0 Å². The van der Waals surface area contributed by atoms with Gasteiger partial charge in [-0.15, -0.1) is 0 Å². The predicted molar refractivity (Wildman–Crippen MR) is 60.6 cm³/mol. The van der Waals surface area contributed by atoms with E-state index in [0.29, 0.717) is 18.0 Å². The van der Waals surface area contributed by atoms with Crippen molar-refractivity contribution in [3.05, 3.63) is 0 Å². The average Bonchev–Trinajstić information content (AvgIpc) is 2.28. The molecule has 2 rings (SSSR count). The van der Waals surface area contributed by atoms with Crippen LogP contribution in [-0.2, 0) is 4.79 Å². The third kappa shape index (κ3) is 2.17. The molecule has 2 saturated carbocycles. The Hall–Kier alpha value is -0.570. The lowest BCUT2D eigenvalue weighted by Gasteiger charge is -2.52. The number of carbonyl (C=O) groups is 1. The summed E-state index contributed by atoms with van der Waals surface area (Å²) in [6.45, 7) is 0.489. The predicted octanol–water partition coefficient (Wildman–Crippen LogP) is 1.43. The fourth-order valence-electron chi connectivity index (χ4n) is 3.17. The highest BCUT2D eigenvalue weighted by Gasteiger charge is 2.46. The molecule has 0 aromatic rings. The van der Waals surface area contributed by atoms with E-state index < -0.39 is 0 Å². The molecule has 0 aromatic heterocycles. The number of likely N-dealkylation sites (N-methyl/N-ethyl adjacent to an activating group) is 1. The highest BCUT2D eigenvalue weighted by molar-refractivity contribution is 5.77. The van der Waals surface area contributed by atoms with E-state index in [1.807, 2.05) is 0 Å². The number of rotatable bonds is 3. The van der Waals surface area contributed by atoms with Gasteiger partial charge in [-0.2, -0.15) is 0 Å². The largest absolute Gasteiger partial charge is 0.358 e. The van der Waals surface area contributed by atoms with Crippen molar-refractivity contribution in [3.8, 4) is 0 Å². The molecular weight excluding hydrogens is 188 g/mol. The molecule has 15 heavy (non-hydrogen) atoms. The minimum atomic E-state index is 0.104. The van der Waals surface area contributed by atoms with E-state index in [0.717, 1.165) is 0 Å². The van der Waals surface area contributed by atoms with Gasteiger partial charge in [-0.1, -0.05) is 19.3 Å². The molecule has 0 bridgehead atoms. The van der Waals surface area contributed by atoms with E-state index in [2.05, 4.69) is 10.6 Å². The highest BCUT2D eigenvalue weighted by atomic mass is 16.1. The van der Waals surface area contributed by atoms with Crippen LogP contribution in [0.15, 0.2) is 0 Å². The van der Waals surface area contributed by atoms with Crippen LogP contribution in [0.1, 0.15) is 44.9 Å². The molecule has 1 unspecified atom stereocenters. The van der Waals surface area contributed by atoms with Gasteiger partial charge in [0.1, 0.15) is 0 Å². The van der Waals surface area contributed by atoms with Crippen LogP contribution >= 0.6 is 0 Å². The van der Waals surface area contributed by atoms with Crippen LogP contribution in [0.4, 0.5) is 0 Å². The van der Waals surface area contributed by atoms with Crippen LogP contribution < -0.4 is 10.6 Å². The zero-order valence-electron chi connectivity index (χ0n) is 9.64.